The number of hydrogen-bond acceptors (Lipinski definition) is 4. The van der Waals surface area contributed by atoms with Crippen LogP contribution in [-0.4, -0.2) is 32.9 Å². The average Bonchev–Trinajstić information content (AvgIpc) is 2.00. The van der Waals surface area contributed by atoms with Crippen LogP contribution in [0.5, 0.6) is 0 Å². The topological polar surface area (TPSA) is 87.0 Å². The normalized spacial score (nSPS) is 18.7. The minimum absolute atomic E-state index is 0.0831. The molecule has 0 saturated heterocycles. The highest BCUT2D eigenvalue weighted by Crippen LogP contribution is 2.40. The lowest BCUT2D eigenvalue weighted by molar-refractivity contribution is -0.131. The predicted octanol–water partition coefficient (Wildman–Crippen LogP) is -0.159. The van der Waals surface area contributed by atoms with E-state index in [1.165, 1.54) is 0 Å². The molecule has 0 radical (unpaired) electrons. The molecule has 0 spiro atoms. The Morgan fingerprint density at radius 3 is 2.47 bits per heavy atom. The highest BCUT2D eigenvalue weighted by molar-refractivity contribution is 7.90. The van der Waals surface area contributed by atoms with Crippen molar-refractivity contribution in [3.63, 3.8) is 0 Å². The van der Waals surface area contributed by atoms with Crippen molar-refractivity contribution in [1.29, 1.82) is 5.26 Å². The Hall–Kier alpha value is -1.09. The fourth-order valence-electron chi connectivity index (χ4n) is 1.44. The molecule has 1 N–H and O–H groups in total. The van der Waals surface area contributed by atoms with E-state index < -0.39 is 15.3 Å². The second kappa shape index (κ2) is 4.19. The van der Waals surface area contributed by atoms with Gasteiger partial charge in [-0.2, -0.15) is 5.26 Å². The van der Waals surface area contributed by atoms with Gasteiger partial charge in [-0.15, -0.1) is 0 Å². The molecule has 1 saturated carbocycles. The summed E-state index contributed by atoms with van der Waals surface area (Å²) in [5.74, 6) is -0.417. The zero-order valence-corrected chi connectivity index (χ0v) is 9.43. The van der Waals surface area contributed by atoms with Gasteiger partial charge in [0, 0.05) is 12.8 Å². The van der Waals surface area contributed by atoms with E-state index in [2.05, 4.69) is 5.32 Å². The van der Waals surface area contributed by atoms with Crippen LogP contribution in [0.15, 0.2) is 0 Å². The Morgan fingerprint density at radius 1 is 1.53 bits per heavy atom. The minimum Gasteiger partial charge on any atom is -0.354 e. The van der Waals surface area contributed by atoms with Gasteiger partial charge in [0.25, 0.3) is 0 Å². The quantitative estimate of drug-likeness (QED) is 0.727. The lowest BCUT2D eigenvalue weighted by atomic mass is 9.69. The number of amides is 1. The summed E-state index contributed by atoms with van der Waals surface area (Å²) < 4.78 is 21.6. The van der Waals surface area contributed by atoms with Crippen molar-refractivity contribution < 1.29 is 13.2 Å². The highest BCUT2D eigenvalue weighted by atomic mass is 32.2. The largest absolute Gasteiger partial charge is 0.354 e. The Kier molecular flexibility index (Phi) is 3.35. The maximum Gasteiger partial charge on any atom is 0.240 e. The summed E-state index contributed by atoms with van der Waals surface area (Å²) in [6, 6.07) is 2.00. The molecule has 6 heteroatoms. The molecule has 0 atom stereocenters. The van der Waals surface area contributed by atoms with E-state index in [0.717, 1.165) is 12.7 Å². The zero-order valence-electron chi connectivity index (χ0n) is 8.62. The van der Waals surface area contributed by atoms with Crippen molar-refractivity contribution in [2.24, 2.45) is 5.41 Å². The molecule has 0 bridgehead atoms. The van der Waals surface area contributed by atoms with Crippen molar-refractivity contribution in [2.75, 3.05) is 18.6 Å². The molecule has 5 nitrogen and oxygen atoms in total. The van der Waals surface area contributed by atoms with E-state index in [4.69, 9.17) is 5.26 Å². The Morgan fingerprint density at radius 2 is 2.13 bits per heavy atom. The van der Waals surface area contributed by atoms with E-state index in [0.29, 0.717) is 12.8 Å². The summed E-state index contributed by atoms with van der Waals surface area (Å²) >= 11 is 0. The highest BCUT2D eigenvalue weighted by Gasteiger charge is 2.44. The van der Waals surface area contributed by atoms with Crippen LogP contribution in [-0.2, 0) is 14.6 Å². The first-order valence-corrected chi connectivity index (χ1v) is 6.83. The zero-order chi connectivity index (χ0) is 11.5. The fraction of sp³-hybridized carbons (Fsp3) is 0.778. The molecule has 0 aliphatic heterocycles. The first-order chi connectivity index (χ1) is 6.90. The summed E-state index contributed by atoms with van der Waals surface area (Å²) in [4.78, 5) is 11.5. The van der Waals surface area contributed by atoms with Crippen molar-refractivity contribution in [2.45, 2.75) is 19.3 Å². The smallest absolute Gasteiger partial charge is 0.240 e. The molecule has 1 fully saturated rings. The van der Waals surface area contributed by atoms with Gasteiger partial charge in [-0.05, 0) is 19.3 Å². The molecule has 0 unspecified atom stereocenters. The second-order valence-corrected chi connectivity index (χ2v) is 6.19. The van der Waals surface area contributed by atoms with Crippen molar-refractivity contribution in [1.82, 2.24) is 5.32 Å². The van der Waals surface area contributed by atoms with Gasteiger partial charge in [0.15, 0.2) is 0 Å². The standard InChI is InChI=1S/C9H14N2O3S/c1-15(13,14)6-5-11-8(12)9(7-10)3-2-4-9/h2-6H2,1H3,(H,11,12). The number of rotatable bonds is 4. The van der Waals surface area contributed by atoms with Crippen LogP contribution >= 0.6 is 0 Å². The molecule has 0 aromatic carbocycles. The summed E-state index contributed by atoms with van der Waals surface area (Å²) in [5.41, 5.74) is -0.891. The minimum atomic E-state index is -3.06. The summed E-state index contributed by atoms with van der Waals surface area (Å²) in [6.45, 7) is 0.0844. The third-order valence-corrected chi connectivity index (χ3v) is 3.56. The number of carbonyl (C=O) groups excluding carboxylic acids is 1. The average molecular weight is 230 g/mol. The van der Waals surface area contributed by atoms with Crippen LogP contribution < -0.4 is 5.32 Å². The third kappa shape index (κ3) is 2.93. The number of sulfone groups is 1. The number of carbonyl (C=O) groups is 1. The van der Waals surface area contributed by atoms with E-state index in [9.17, 15) is 13.2 Å². The molecule has 84 valence electrons. The second-order valence-electron chi connectivity index (χ2n) is 3.93. The monoisotopic (exact) mass is 230 g/mol. The van der Waals surface area contributed by atoms with E-state index in [-0.39, 0.29) is 18.2 Å². The van der Waals surface area contributed by atoms with Crippen LogP contribution in [0.3, 0.4) is 0 Å². The number of hydrogen-bond donors (Lipinski definition) is 1. The SMILES string of the molecule is CS(=O)(=O)CCNC(=O)C1(C#N)CCC1. The van der Waals surface area contributed by atoms with Gasteiger partial charge in [-0.1, -0.05) is 0 Å². The van der Waals surface area contributed by atoms with Gasteiger partial charge >= 0.3 is 0 Å². The maximum absolute atomic E-state index is 11.5. The van der Waals surface area contributed by atoms with Gasteiger partial charge in [0.1, 0.15) is 15.3 Å². The van der Waals surface area contributed by atoms with Crippen molar-refractivity contribution >= 4 is 15.7 Å². The molecule has 15 heavy (non-hydrogen) atoms. The van der Waals surface area contributed by atoms with E-state index in [1.807, 2.05) is 6.07 Å². The predicted molar refractivity (Wildman–Crippen MR) is 54.6 cm³/mol. The fourth-order valence-corrected chi connectivity index (χ4v) is 1.91. The number of nitrogens with one attached hydrogen (secondary N) is 1. The van der Waals surface area contributed by atoms with Crippen LogP contribution in [0.25, 0.3) is 0 Å². The molecule has 1 aliphatic rings. The Bertz CT molecular complexity index is 390. The van der Waals surface area contributed by atoms with Crippen LogP contribution in [0.2, 0.25) is 0 Å². The number of nitriles is 1. The molecule has 0 aromatic rings. The molecule has 1 amide bonds. The lowest BCUT2D eigenvalue weighted by Gasteiger charge is -2.33. The molecule has 0 heterocycles. The van der Waals surface area contributed by atoms with Crippen LogP contribution in [0.4, 0.5) is 0 Å². The van der Waals surface area contributed by atoms with Gasteiger partial charge in [0.2, 0.25) is 5.91 Å². The molecule has 0 aromatic heterocycles. The third-order valence-electron chi connectivity index (χ3n) is 2.61. The van der Waals surface area contributed by atoms with Crippen LogP contribution in [0.1, 0.15) is 19.3 Å². The lowest BCUT2D eigenvalue weighted by Crippen LogP contribution is -2.45. The maximum atomic E-state index is 11.5. The van der Waals surface area contributed by atoms with Gasteiger partial charge in [-0.3, -0.25) is 4.79 Å². The van der Waals surface area contributed by atoms with Gasteiger partial charge in [0.05, 0.1) is 11.8 Å². The van der Waals surface area contributed by atoms with Crippen molar-refractivity contribution in [3.05, 3.63) is 0 Å². The van der Waals surface area contributed by atoms with Gasteiger partial charge in [-0.25, -0.2) is 8.42 Å². The molecule has 1 rings (SSSR count). The van der Waals surface area contributed by atoms with Crippen LogP contribution in [0, 0.1) is 16.7 Å². The first kappa shape index (κ1) is 12.0. The van der Waals surface area contributed by atoms with E-state index in [1.54, 1.807) is 0 Å². The molecular formula is C9H14N2O3S. The summed E-state index contributed by atoms with van der Waals surface area (Å²) in [5, 5.41) is 11.3. The Labute approximate surface area is 89.4 Å². The van der Waals surface area contributed by atoms with E-state index >= 15 is 0 Å². The Balaban J connectivity index is 2.41. The molecular weight excluding hydrogens is 216 g/mol. The number of nitrogens with zero attached hydrogens (tertiary/aromatic N) is 1. The summed E-state index contributed by atoms with van der Waals surface area (Å²) in [7, 11) is -3.06. The summed E-state index contributed by atoms with van der Waals surface area (Å²) in [6.07, 6.45) is 3.15. The molecule has 1 aliphatic carbocycles. The van der Waals surface area contributed by atoms with Gasteiger partial charge < -0.3 is 5.32 Å². The van der Waals surface area contributed by atoms with Crippen molar-refractivity contribution in [3.8, 4) is 6.07 Å². The first-order valence-electron chi connectivity index (χ1n) is 4.77.